The second-order valence-corrected chi connectivity index (χ2v) is 21.4. The standard InChI is InChI=1S/C53H72O15/c1-50(2,3)46(55)62-32-37-39(66-47(56)51(4,5)6)41(67-48(57)52(7,8)9)43(68-49(58)53(10,11)12)45(64-37)65-38-36(31-59-28-33-22-16-13-17-23-33)63-44(54)42(61-30-35-26-20-15-21-27-35)40(38)60-29-34-24-18-14-19-25-34/h13-27,36-45,54H,28-32H2,1-12H3/t36-,37-,38-,39-,40+,41+,42-,43-,44+,45+/m1/s1. The van der Waals surface area contributed by atoms with E-state index in [1.54, 1.807) is 83.1 Å². The molecule has 0 amide bonds. The van der Waals surface area contributed by atoms with Gasteiger partial charge in [0.2, 0.25) is 0 Å². The molecule has 2 saturated heterocycles. The van der Waals surface area contributed by atoms with Gasteiger partial charge >= 0.3 is 23.9 Å². The molecular formula is C53H72O15. The lowest BCUT2D eigenvalue weighted by molar-refractivity contribution is -0.366. The first-order chi connectivity index (χ1) is 31.8. The highest BCUT2D eigenvalue weighted by Crippen LogP contribution is 2.38. The summed E-state index contributed by atoms with van der Waals surface area (Å²) < 4.78 is 64.1. The van der Waals surface area contributed by atoms with Crippen molar-refractivity contribution in [2.24, 2.45) is 21.7 Å². The van der Waals surface area contributed by atoms with Crippen LogP contribution in [0.4, 0.5) is 0 Å². The Balaban J connectivity index is 1.67. The Morgan fingerprint density at radius 2 is 0.853 bits per heavy atom. The summed E-state index contributed by atoms with van der Waals surface area (Å²) in [6, 6.07) is 28.2. The maximum absolute atomic E-state index is 14.1. The first-order valence-corrected chi connectivity index (χ1v) is 23.2. The average molecular weight is 949 g/mol. The quantitative estimate of drug-likeness (QED) is 0.103. The Kier molecular flexibility index (Phi) is 18.5. The largest absolute Gasteiger partial charge is 0.462 e. The molecule has 2 heterocycles. The molecule has 374 valence electrons. The Bertz CT molecular complexity index is 2070. The Hall–Kier alpha value is -4.74. The number of benzene rings is 3. The van der Waals surface area contributed by atoms with Crippen LogP contribution in [-0.4, -0.2) is 104 Å². The SMILES string of the molecule is CC(C)(C)C(=O)OC[C@H]1O[C@@H](O[C@H]2[C@H](OCc3ccccc3)[C@@H](OCc3ccccc3)[C@@H](O)O[C@@H]2COCc2ccccc2)[C@H](OC(=O)C(C)(C)C)[C@@H](OC(=O)C(C)(C)C)[C@@H]1OC(=O)C(C)(C)C. The van der Waals surface area contributed by atoms with Gasteiger partial charge in [0.15, 0.2) is 30.9 Å². The van der Waals surface area contributed by atoms with Gasteiger partial charge in [0, 0.05) is 0 Å². The Morgan fingerprint density at radius 1 is 0.456 bits per heavy atom. The van der Waals surface area contributed by atoms with E-state index in [1.165, 1.54) is 0 Å². The molecule has 0 unspecified atom stereocenters. The van der Waals surface area contributed by atoms with Crippen LogP contribution in [0.15, 0.2) is 91.0 Å². The van der Waals surface area contributed by atoms with Crippen LogP contribution >= 0.6 is 0 Å². The molecule has 2 fully saturated rings. The van der Waals surface area contributed by atoms with Crippen molar-refractivity contribution in [1.82, 2.24) is 0 Å². The van der Waals surface area contributed by atoms with Crippen molar-refractivity contribution in [2.45, 2.75) is 164 Å². The summed E-state index contributed by atoms with van der Waals surface area (Å²) in [6.07, 6.45) is -14.0. The maximum atomic E-state index is 14.1. The third kappa shape index (κ3) is 15.4. The molecule has 1 N–H and O–H groups in total. The first kappa shape index (κ1) is 54.2. The molecule has 10 atom stereocenters. The van der Waals surface area contributed by atoms with Crippen molar-refractivity contribution >= 4 is 23.9 Å². The predicted molar refractivity (Wildman–Crippen MR) is 249 cm³/mol. The van der Waals surface area contributed by atoms with Gasteiger partial charge in [-0.05, 0) is 99.8 Å². The van der Waals surface area contributed by atoms with E-state index in [0.717, 1.165) is 16.7 Å². The molecule has 0 aliphatic carbocycles. The van der Waals surface area contributed by atoms with Gasteiger partial charge in [-0.2, -0.15) is 0 Å². The summed E-state index contributed by atoms with van der Waals surface area (Å²) in [6.45, 7) is 19.5. The molecule has 15 nitrogen and oxygen atoms in total. The molecule has 0 radical (unpaired) electrons. The average Bonchev–Trinajstić information content (AvgIpc) is 3.26. The zero-order valence-corrected chi connectivity index (χ0v) is 41.6. The fourth-order valence-electron chi connectivity index (χ4n) is 6.92. The Labute approximate surface area is 401 Å². The zero-order chi connectivity index (χ0) is 50.0. The van der Waals surface area contributed by atoms with E-state index in [-0.39, 0.29) is 26.4 Å². The van der Waals surface area contributed by atoms with E-state index >= 15 is 0 Å². The minimum atomic E-state index is -1.67. The van der Waals surface area contributed by atoms with Gasteiger partial charge in [0.1, 0.15) is 37.1 Å². The number of carbonyl (C=O) groups is 4. The van der Waals surface area contributed by atoms with Gasteiger partial charge in [0.05, 0.1) is 48.1 Å². The molecule has 0 aromatic heterocycles. The van der Waals surface area contributed by atoms with Crippen LogP contribution in [0, 0.1) is 21.7 Å². The smallest absolute Gasteiger partial charge is 0.311 e. The second kappa shape index (κ2) is 23.2. The topological polar surface area (TPSA) is 181 Å². The summed E-state index contributed by atoms with van der Waals surface area (Å²) in [4.78, 5) is 55.4. The first-order valence-electron chi connectivity index (χ1n) is 23.2. The van der Waals surface area contributed by atoms with Gasteiger partial charge in [-0.1, -0.05) is 91.0 Å². The number of hydrogen-bond acceptors (Lipinski definition) is 15. The molecule has 0 bridgehead atoms. The maximum Gasteiger partial charge on any atom is 0.311 e. The van der Waals surface area contributed by atoms with E-state index in [2.05, 4.69) is 0 Å². The number of hydrogen-bond donors (Lipinski definition) is 1. The third-order valence-electron chi connectivity index (χ3n) is 11.0. The summed E-state index contributed by atoms with van der Waals surface area (Å²) >= 11 is 0. The highest BCUT2D eigenvalue weighted by Gasteiger charge is 2.58. The minimum Gasteiger partial charge on any atom is -0.462 e. The van der Waals surface area contributed by atoms with Gasteiger partial charge < -0.3 is 52.5 Å². The normalized spacial score (nSPS) is 25.8. The van der Waals surface area contributed by atoms with Gasteiger partial charge in [0.25, 0.3) is 0 Å². The van der Waals surface area contributed by atoms with Crippen molar-refractivity contribution < 1.29 is 71.7 Å². The van der Waals surface area contributed by atoms with Crippen molar-refractivity contribution in [3.8, 4) is 0 Å². The minimum absolute atomic E-state index is 0.0386. The molecular weight excluding hydrogens is 877 g/mol. The van der Waals surface area contributed by atoms with Crippen LogP contribution in [0.2, 0.25) is 0 Å². The molecule has 2 aliphatic rings. The van der Waals surface area contributed by atoms with Crippen LogP contribution in [0.25, 0.3) is 0 Å². The third-order valence-corrected chi connectivity index (χ3v) is 11.0. The van der Waals surface area contributed by atoms with Crippen LogP contribution in [-0.2, 0) is 86.4 Å². The fourth-order valence-corrected chi connectivity index (χ4v) is 6.92. The predicted octanol–water partition coefficient (Wildman–Crippen LogP) is 7.66. The fraction of sp³-hybridized carbons (Fsp3) is 0.585. The number of rotatable bonds is 17. The number of aliphatic hydroxyl groups is 1. The van der Waals surface area contributed by atoms with Crippen molar-refractivity contribution in [3.05, 3.63) is 108 Å². The molecule has 2 aliphatic heterocycles. The van der Waals surface area contributed by atoms with Crippen molar-refractivity contribution in [2.75, 3.05) is 13.2 Å². The highest BCUT2D eigenvalue weighted by atomic mass is 16.8. The zero-order valence-electron chi connectivity index (χ0n) is 41.6. The number of aliphatic hydroxyl groups excluding tert-OH is 1. The summed E-state index contributed by atoms with van der Waals surface area (Å²) in [7, 11) is 0. The van der Waals surface area contributed by atoms with E-state index in [1.807, 2.05) is 91.0 Å². The van der Waals surface area contributed by atoms with Crippen LogP contribution in [0.3, 0.4) is 0 Å². The molecule has 3 aromatic rings. The second-order valence-electron chi connectivity index (χ2n) is 21.4. The summed E-state index contributed by atoms with van der Waals surface area (Å²) in [5.41, 5.74) is -1.74. The van der Waals surface area contributed by atoms with E-state index in [4.69, 9.17) is 47.4 Å². The number of carbonyl (C=O) groups excluding carboxylic acids is 4. The van der Waals surface area contributed by atoms with Gasteiger partial charge in [-0.15, -0.1) is 0 Å². The lowest BCUT2D eigenvalue weighted by atomic mass is 9.92. The lowest BCUT2D eigenvalue weighted by Crippen LogP contribution is -2.67. The molecule has 68 heavy (non-hydrogen) atoms. The number of esters is 4. The van der Waals surface area contributed by atoms with Crippen molar-refractivity contribution in [3.63, 3.8) is 0 Å². The van der Waals surface area contributed by atoms with Crippen LogP contribution in [0.1, 0.15) is 99.8 Å². The molecule has 15 heteroatoms. The van der Waals surface area contributed by atoms with Gasteiger partial charge in [-0.3, -0.25) is 19.2 Å². The molecule has 3 aromatic carbocycles. The summed E-state index contributed by atoms with van der Waals surface area (Å²) in [5.74, 6) is -2.75. The molecule has 5 rings (SSSR count). The van der Waals surface area contributed by atoms with E-state index in [0.29, 0.717) is 0 Å². The molecule has 0 saturated carbocycles. The van der Waals surface area contributed by atoms with E-state index in [9.17, 15) is 24.3 Å². The monoisotopic (exact) mass is 948 g/mol. The van der Waals surface area contributed by atoms with Crippen LogP contribution < -0.4 is 0 Å². The summed E-state index contributed by atoms with van der Waals surface area (Å²) in [5, 5.41) is 11.8. The number of ether oxygens (including phenoxy) is 10. The lowest BCUT2D eigenvalue weighted by Gasteiger charge is -2.49. The highest BCUT2D eigenvalue weighted by molar-refractivity contribution is 5.78. The Morgan fingerprint density at radius 3 is 1.31 bits per heavy atom. The van der Waals surface area contributed by atoms with Crippen molar-refractivity contribution in [1.29, 1.82) is 0 Å². The van der Waals surface area contributed by atoms with Gasteiger partial charge in [-0.25, -0.2) is 0 Å². The van der Waals surface area contributed by atoms with E-state index < -0.39 is 114 Å². The van der Waals surface area contributed by atoms with Crippen LogP contribution in [0.5, 0.6) is 0 Å². The molecule has 0 spiro atoms.